The van der Waals surface area contributed by atoms with Gasteiger partial charge < -0.3 is 85.0 Å². The first-order chi connectivity index (χ1) is 20.8. The second kappa shape index (κ2) is 12.4. The predicted molar refractivity (Wildman–Crippen MR) is 141 cm³/mol. The smallest absolute Gasteiger partial charge is 0.305 e. The van der Waals surface area contributed by atoms with E-state index >= 15 is 0 Å². The number of hydrogen-bond acceptors (Lipinski definition) is 16. The Kier molecular flexibility index (Phi) is 8.96. The Morgan fingerprint density at radius 3 is 1.73 bits per heavy atom. The van der Waals surface area contributed by atoms with Crippen LogP contribution in [0, 0.1) is 0 Å². The van der Waals surface area contributed by atoms with Crippen LogP contribution in [0.1, 0.15) is 5.56 Å². The summed E-state index contributed by atoms with van der Waals surface area (Å²) < 4.78 is 26.9. The maximum absolute atomic E-state index is 10.6. The number of aliphatic hydroxyl groups excluding tert-OH is 9. The molecule has 17 nitrogen and oxygen atoms in total. The molecule has 3 heterocycles. The molecule has 242 valence electrons. The maximum Gasteiger partial charge on any atom is 0.305 e. The quantitative estimate of drug-likeness (QED) is 0.102. The lowest BCUT2D eigenvalue weighted by Gasteiger charge is -2.41. The van der Waals surface area contributed by atoms with Crippen molar-refractivity contribution in [2.75, 3.05) is 13.2 Å². The molecule has 2 saturated heterocycles. The zero-order valence-corrected chi connectivity index (χ0v) is 22.6. The lowest BCUT2D eigenvalue weighted by molar-refractivity contribution is -0.292. The number of phenols is 3. The normalized spacial score (nSPS) is 37.3. The van der Waals surface area contributed by atoms with Gasteiger partial charge in [-0.25, -0.2) is 0 Å². The van der Waals surface area contributed by atoms with E-state index in [-0.39, 0.29) is 34.2 Å². The van der Waals surface area contributed by atoms with Crippen molar-refractivity contribution in [2.45, 2.75) is 67.5 Å². The minimum absolute atomic E-state index is 0.0356. The van der Waals surface area contributed by atoms with Gasteiger partial charge in [0.2, 0.25) is 24.4 Å². The number of hydrogen-bond donors (Lipinski definition) is 12. The highest BCUT2D eigenvalue weighted by molar-refractivity contribution is 5.71. The van der Waals surface area contributed by atoms with Crippen molar-refractivity contribution in [3.63, 3.8) is 0 Å². The zero-order valence-electron chi connectivity index (χ0n) is 22.6. The van der Waals surface area contributed by atoms with Crippen molar-refractivity contribution in [1.82, 2.24) is 0 Å². The van der Waals surface area contributed by atoms with Crippen LogP contribution in [0.4, 0.5) is 0 Å². The molecule has 44 heavy (non-hydrogen) atoms. The second-order valence-electron chi connectivity index (χ2n) is 10.5. The fourth-order valence-corrected chi connectivity index (χ4v) is 5.07. The van der Waals surface area contributed by atoms with Gasteiger partial charge in [0.25, 0.3) is 0 Å². The van der Waals surface area contributed by atoms with Gasteiger partial charge in [-0.3, -0.25) is 0 Å². The molecule has 11 atom stereocenters. The van der Waals surface area contributed by atoms with Crippen LogP contribution in [-0.2, 0) is 18.9 Å². The average molecular weight is 630 g/mol. The Hall–Kier alpha value is -3.62. The van der Waals surface area contributed by atoms with Crippen LogP contribution < -0.4 is 0 Å². The summed E-state index contributed by atoms with van der Waals surface area (Å²) in [6.45, 7) is -1.49. The van der Waals surface area contributed by atoms with Gasteiger partial charge in [0, 0.05) is 24.3 Å². The van der Waals surface area contributed by atoms with Crippen LogP contribution in [0.15, 0.2) is 53.2 Å². The van der Waals surface area contributed by atoms with Crippen LogP contribution in [0.5, 0.6) is 17.2 Å². The molecule has 1 aromatic rings. The lowest BCUT2D eigenvalue weighted by atomic mass is 9.96. The van der Waals surface area contributed by atoms with Crippen molar-refractivity contribution in [1.29, 1.82) is 0 Å². The first-order valence-corrected chi connectivity index (χ1v) is 13.3. The van der Waals surface area contributed by atoms with Gasteiger partial charge in [-0.15, -0.1) is 0 Å². The van der Waals surface area contributed by atoms with E-state index in [9.17, 15) is 61.3 Å². The first kappa shape index (κ1) is 31.8. The molecule has 4 aliphatic rings. The predicted octanol–water partition coefficient (Wildman–Crippen LogP) is -3.72. The van der Waals surface area contributed by atoms with Crippen molar-refractivity contribution in [3.05, 3.63) is 58.8 Å². The third-order valence-corrected chi connectivity index (χ3v) is 7.53. The molecular weight excluding hydrogens is 596 g/mol. The van der Waals surface area contributed by atoms with E-state index in [1.54, 1.807) is 0 Å². The molecule has 1 aliphatic carbocycles. The Bertz CT molecular complexity index is 1340. The molecule has 17 heteroatoms. The molecule has 0 amide bonds. The molecule has 5 rings (SSSR count). The van der Waals surface area contributed by atoms with Gasteiger partial charge in [0.15, 0.2) is 17.2 Å². The van der Waals surface area contributed by atoms with Crippen molar-refractivity contribution in [2.24, 2.45) is 0 Å². The van der Waals surface area contributed by atoms with Gasteiger partial charge in [-0.1, -0.05) is 0 Å². The maximum atomic E-state index is 10.6. The monoisotopic (exact) mass is 629 g/mol. The Morgan fingerprint density at radius 1 is 0.682 bits per heavy atom. The molecule has 11 unspecified atom stereocenters. The van der Waals surface area contributed by atoms with Crippen LogP contribution in [-0.4, -0.2) is 147 Å². The number of aromatic hydroxyl groups is 3. The number of aliphatic hydroxyl groups is 11. The minimum atomic E-state index is -1.85. The average Bonchev–Trinajstić information content (AvgIpc) is 2.99. The number of rotatable bonds is 7. The van der Waals surface area contributed by atoms with E-state index in [4.69, 9.17) is 18.9 Å². The number of ether oxygens (including phenoxy) is 5. The minimum Gasteiger partial charge on any atom is -0.571 e. The van der Waals surface area contributed by atoms with Crippen LogP contribution in [0.25, 0.3) is 5.76 Å². The Labute approximate surface area is 247 Å². The van der Waals surface area contributed by atoms with Crippen LogP contribution >= 0.6 is 0 Å². The highest BCUT2D eigenvalue weighted by Gasteiger charge is 2.48. The van der Waals surface area contributed by atoms with Crippen LogP contribution in [0.2, 0.25) is 0 Å². The second-order valence-corrected chi connectivity index (χ2v) is 10.5. The highest BCUT2D eigenvalue weighted by Crippen LogP contribution is 2.42. The summed E-state index contributed by atoms with van der Waals surface area (Å²) in [6.07, 6.45) is -14.1. The summed E-state index contributed by atoms with van der Waals surface area (Å²) in [5.74, 6) is -3.26. The first-order valence-electron chi connectivity index (χ1n) is 13.3. The summed E-state index contributed by atoms with van der Waals surface area (Å²) >= 11 is 0. The van der Waals surface area contributed by atoms with Crippen LogP contribution in [0.3, 0.4) is 0 Å². The van der Waals surface area contributed by atoms with Crippen molar-refractivity contribution < 1.29 is 85.0 Å². The SMILES string of the molecule is OCC1OC(OC2=CC(O)=CC3[OH+]C(c4cc(O)c(O)c(O)c4)=C(OC4OC(CO)C(O)C(O)C4O)C=C23)C(O)C(O)C1O. The van der Waals surface area contributed by atoms with E-state index < -0.39 is 98.0 Å². The van der Waals surface area contributed by atoms with Gasteiger partial charge in [0.1, 0.15) is 60.4 Å². The molecule has 0 radical (unpaired) electrons. The number of fused-ring (bicyclic) bond motifs is 1. The number of benzene rings is 1. The third kappa shape index (κ3) is 5.77. The highest BCUT2D eigenvalue weighted by atomic mass is 16.7. The largest absolute Gasteiger partial charge is 0.571 e. The summed E-state index contributed by atoms with van der Waals surface area (Å²) in [6, 6.07) is 2.05. The standard InChI is InChI=1S/C27H32O17/c28-6-16-19(34)21(36)23(38)26(43-16)41-14-4-9(30)3-13-10(14)5-15(25(40-13)8-1-11(31)18(33)12(32)2-8)42-27-24(39)22(37)20(35)17(7-29)44-27/h1-5,13,16-17,19-24,26-39H,6-7H2/p+1. The Morgan fingerprint density at radius 2 is 1.20 bits per heavy atom. The third-order valence-electron chi connectivity index (χ3n) is 7.53. The van der Waals surface area contributed by atoms with Crippen molar-refractivity contribution >= 4 is 5.76 Å². The van der Waals surface area contributed by atoms with Gasteiger partial charge >= 0.3 is 5.76 Å². The van der Waals surface area contributed by atoms with E-state index in [1.165, 1.54) is 12.2 Å². The molecule has 0 bridgehead atoms. The summed E-state index contributed by atoms with van der Waals surface area (Å²) in [5.41, 5.74) is 0.0851. The summed E-state index contributed by atoms with van der Waals surface area (Å²) in [5, 5.41) is 121. The topological polar surface area (TPSA) is 292 Å². The molecule has 3 aliphatic heterocycles. The van der Waals surface area contributed by atoms with E-state index in [1.807, 2.05) is 0 Å². The fraction of sp³-hybridized carbons (Fsp3) is 0.481. The lowest BCUT2D eigenvalue weighted by Crippen LogP contribution is -2.59. The van der Waals surface area contributed by atoms with E-state index in [0.717, 1.165) is 18.2 Å². The Balaban J connectivity index is 1.55. The molecule has 2 fully saturated rings. The van der Waals surface area contributed by atoms with Gasteiger partial charge in [-0.2, -0.15) is 0 Å². The molecule has 1 aromatic carbocycles. The number of allylic oxidation sites excluding steroid dienone is 2. The summed E-state index contributed by atoms with van der Waals surface area (Å²) in [7, 11) is 0. The summed E-state index contributed by atoms with van der Waals surface area (Å²) in [4.78, 5) is 0. The molecule has 13 N–H and O–H groups in total. The van der Waals surface area contributed by atoms with Gasteiger partial charge in [-0.05, 0) is 0 Å². The molecule has 0 aromatic heterocycles. The van der Waals surface area contributed by atoms with E-state index in [2.05, 4.69) is 4.74 Å². The van der Waals surface area contributed by atoms with Gasteiger partial charge in [0.05, 0.1) is 30.4 Å². The molecular formula is C27H33O17+. The molecule has 0 spiro atoms. The fourth-order valence-electron chi connectivity index (χ4n) is 5.07. The van der Waals surface area contributed by atoms with E-state index in [0.29, 0.717) is 0 Å². The molecule has 0 saturated carbocycles. The zero-order chi connectivity index (χ0) is 32.0. The van der Waals surface area contributed by atoms with Crippen molar-refractivity contribution in [3.8, 4) is 17.2 Å². The number of phenolic OH excluding ortho intramolecular Hbond substituents is 3.